The summed E-state index contributed by atoms with van der Waals surface area (Å²) in [5.74, 6) is 1.76. The lowest BCUT2D eigenvalue weighted by molar-refractivity contribution is -0.00619. The molecular weight excluding hydrogens is 384 g/mol. The molecule has 4 fully saturated rings. The van der Waals surface area contributed by atoms with Gasteiger partial charge in [0.15, 0.2) is 5.75 Å². The SMILES string of the molecule is COc1cc(Cc2cc(=O)c(O)co2)c(C(=O)O)cc1C12CC3CC(CC(C3)C1)C2. The Morgan fingerprint density at radius 1 is 1.13 bits per heavy atom. The van der Waals surface area contributed by atoms with Gasteiger partial charge < -0.3 is 19.4 Å². The number of rotatable bonds is 5. The molecule has 2 N–H and O–H groups in total. The van der Waals surface area contributed by atoms with E-state index in [0.717, 1.165) is 54.6 Å². The summed E-state index contributed by atoms with van der Waals surface area (Å²) < 4.78 is 11.1. The van der Waals surface area contributed by atoms with Crippen LogP contribution in [0.3, 0.4) is 0 Å². The van der Waals surface area contributed by atoms with Crippen molar-refractivity contribution >= 4 is 5.97 Å². The Bertz CT molecular complexity index is 1030. The minimum atomic E-state index is -1.00. The Hall–Kier alpha value is -2.76. The summed E-state index contributed by atoms with van der Waals surface area (Å²) in [5.41, 5.74) is 1.23. The van der Waals surface area contributed by atoms with Crippen LogP contribution in [0.5, 0.6) is 11.5 Å². The minimum absolute atomic E-state index is 0.00786. The van der Waals surface area contributed by atoms with Crippen LogP contribution in [0.15, 0.2) is 33.7 Å². The van der Waals surface area contributed by atoms with Crippen molar-refractivity contribution in [3.8, 4) is 11.5 Å². The molecule has 4 saturated carbocycles. The topological polar surface area (TPSA) is 97.0 Å². The fourth-order valence-corrected chi connectivity index (χ4v) is 6.72. The van der Waals surface area contributed by atoms with Gasteiger partial charge >= 0.3 is 5.97 Å². The molecule has 1 aromatic carbocycles. The van der Waals surface area contributed by atoms with Crippen molar-refractivity contribution < 1.29 is 24.2 Å². The molecule has 0 spiro atoms. The van der Waals surface area contributed by atoms with Crippen molar-refractivity contribution in [1.29, 1.82) is 0 Å². The van der Waals surface area contributed by atoms with Gasteiger partial charge in [-0.2, -0.15) is 0 Å². The van der Waals surface area contributed by atoms with Crippen LogP contribution in [0.1, 0.15) is 65.8 Å². The van der Waals surface area contributed by atoms with E-state index < -0.39 is 17.1 Å². The second-order valence-electron chi connectivity index (χ2n) is 9.49. The molecule has 4 aliphatic rings. The van der Waals surface area contributed by atoms with Gasteiger partial charge in [-0.3, -0.25) is 4.79 Å². The average Bonchev–Trinajstić information content (AvgIpc) is 2.69. The second kappa shape index (κ2) is 6.89. The third-order valence-electron chi connectivity index (χ3n) is 7.50. The first-order chi connectivity index (χ1) is 14.4. The molecule has 0 aliphatic heterocycles. The number of aromatic carboxylic acids is 1. The molecule has 0 atom stereocenters. The van der Waals surface area contributed by atoms with E-state index in [1.807, 2.05) is 6.07 Å². The highest BCUT2D eigenvalue weighted by atomic mass is 16.5. The zero-order valence-electron chi connectivity index (χ0n) is 17.0. The summed E-state index contributed by atoms with van der Waals surface area (Å²) in [5, 5.41) is 19.3. The van der Waals surface area contributed by atoms with Gasteiger partial charge in [0.1, 0.15) is 17.8 Å². The van der Waals surface area contributed by atoms with E-state index in [1.54, 1.807) is 13.2 Å². The highest BCUT2D eigenvalue weighted by molar-refractivity contribution is 5.90. The number of benzene rings is 1. The molecule has 6 nitrogen and oxygen atoms in total. The van der Waals surface area contributed by atoms with E-state index in [2.05, 4.69) is 0 Å². The van der Waals surface area contributed by atoms with Crippen LogP contribution >= 0.6 is 0 Å². The van der Waals surface area contributed by atoms with Gasteiger partial charge in [-0.15, -0.1) is 0 Å². The first-order valence-electron chi connectivity index (χ1n) is 10.6. The Kier molecular flexibility index (Phi) is 4.42. The quantitative estimate of drug-likeness (QED) is 0.770. The van der Waals surface area contributed by atoms with Gasteiger partial charge in [0, 0.05) is 18.1 Å². The standard InChI is InChI=1S/C24H26O6/c1-29-22-6-16(5-17-7-20(25)21(26)12-30-17)18(23(27)28)8-19(22)24-9-13-2-14(10-24)4-15(3-13)11-24/h6-8,12-15,26H,2-5,9-11H2,1H3,(H,27,28). The van der Waals surface area contributed by atoms with Crippen LogP contribution in [0.25, 0.3) is 0 Å². The number of carboxylic acids is 1. The number of carboxylic acid groups (broad SMARTS) is 1. The normalized spacial score (nSPS) is 29.2. The first kappa shape index (κ1) is 19.2. The molecule has 1 aromatic heterocycles. The Morgan fingerprint density at radius 2 is 1.77 bits per heavy atom. The van der Waals surface area contributed by atoms with Crippen LogP contribution < -0.4 is 10.2 Å². The lowest BCUT2D eigenvalue weighted by Gasteiger charge is -2.57. The second-order valence-corrected chi connectivity index (χ2v) is 9.49. The van der Waals surface area contributed by atoms with Gasteiger partial charge in [0.2, 0.25) is 5.43 Å². The highest BCUT2D eigenvalue weighted by Crippen LogP contribution is 2.62. The largest absolute Gasteiger partial charge is 0.502 e. The van der Waals surface area contributed by atoms with Gasteiger partial charge in [-0.05, 0) is 79.4 Å². The third kappa shape index (κ3) is 3.09. The van der Waals surface area contributed by atoms with Crippen LogP contribution in [0.2, 0.25) is 0 Å². The highest BCUT2D eigenvalue weighted by Gasteiger charge is 2.52. The molecule has 0 saturated heterocycles. The molecule has 4 bridgehead atoms. The number of carbonyl (C=O) groups is 1. The van der Waals surface area contributed by atoms with Crippen molar-refractivity contribution in [3.05, 3.63) is 57.1 Å². The summed E-state index contributed by atoms with van der Waals surface area (Å²) in [4.78, 5) is 23.9. The van der Waals surface area contributed by atoms with Crippen molar-refractivity contribution in [2.45, 2.75) is 50.4 Å². The van der Waals surface area contributed by atoms with Crippen molar-refractivity contribution in [3.63, 3.8) is 0 Å². The zero-order valence-corrected chi connectivity index (χ0v) is 17.0. The maximum atomic E-state index is 12.1. The van der Waals surface area contributed by atoms with Crippen LogP contribution in [-0.2, 0) is 11.8 Å². The predicted molar refractivity (Wildman–Crippen MR) is 109 cm³/mol. The zero-order chi connectivity index (χ0) is 21.0. The average molecular weight is 410 g/mol. The van der Waals surface area contributed by atoms with Crippen LogP contribution in [0.4, 0.5) is 0 Å². The van der Waals surface area contributed by atoms with Crippen molar-refractivity contribution in [2.24, 2.45) is 17.8 Å². The van der Waals surface area contributed by atoms with Crippen molar-refractivity contribution in [2.75, 3.05) is 7.11 Å². The summed E-state index contributed by atoms with van der Waals surface area (Å²) in [6.07, 6.45) is 8.39. The van der Waals surface area contributed by atoms with E-state index in [4.69, 9.17) is 9.15 Å². The number of aromatic hydroxyl groups is 1. The molecular formula is C24H26O6. The fourth-order valence-electron chi connectivity index (χ4n) is 6.72. The van der Waals surface area contributed by atoms with E-state index in [-0.39, 0.29) is 17.4 Å². The lowest BCUT2D eigenvalue weighted by atomic mass is 9.48. The summed E-state index contributed by atoms with van der Waals surface area (Å²) in [7, 11) is 1.63. The summed E-state index contributed by atoms with van der Waals surface area (Å²) in [6, 6.07) is 4.80. The maximum Gasteiger partial charge on any atom is 0.335 e. The van der Waals surface area contributed by atoms with Crippen LogP contribution in [0, 0.1) is 17.8 Å². The molecule has 0 unspecified atom stereocenters. The smallest absolute Gasteiger partial charge is 0.335 e. The summed E-state index contributed by atoms with van der Waals surface area (Å²) >= 11 is 0. The molecule has 4 aliphatic carbocycles. The summed E-state index contributed by atoms with van der Waals surface area (Å²) in [6.45, 7) is 0. The molecule has 2 aromatic rings. The molecule has 6 rings (SSSR count). The number of methoxy groups -OCH3 is 1. The molecule has 0 radical (unpaired) electrons. The monoisotopic (exact) mass is 410 g/mol. The van der Waals surface area contributed by atoms with Crippen LogP contribution in [-0.4, -0.2) is 23.3 Å². The molecule has 158 valence electrons. The molecule has 6 heteroatoms. The molecule has 1 heterocycles. The van der Waals surface area contributed by atoms with E-state index in [1.165, 1.54) is 25.3 Å². The molecule has 30 heavy (non-hydrogen) atoms. The fraction of sp³-hybridized carbons (Fsp3) is 0.500. The van der Waals surface area contributed by atoms with Gasteiger partial charge in [0.05, 0.1) is 12.7 Å². The van der Waals surface area contributed by atoms with E-state index in [0.29, 0.717) is 11.3 Å². The van der Waals surface area contributed by atoms with E-state index in [9.17, 15) is 19.8 Å². The number of hydrogen-bond acceptors (Lipinski definition) is 5. The molecule has 0 amide bonds. The van der Waals surface area contributed by atoms with E-state index >= 15 is 0 Å². The number of hydrogen-bond donors (Lipinski definition) is 2. The first-order valence-corrected chi connectivity index (χ1v) is 10.6. The van der Waals surface area contributed by atoms with Gasteiger partial charge in [-0.25, -0.2) is 4.79 Å². The Morgan fingerprint density at radius 3 is 2.30 bits per heavy atom. The Balaban J connectivity index is 1.58. The third-order valence-corrected chi connectivity index (χ3v) is 7.50. The van der Waals surface area contributed by atoms with Crippen molar-refractivity contribution in [1.82, 2.24) is 0 Å². The Labute approximate surface area is 174 Å². The maximum absolute atomic E-state index is 12.1. The minimum Gasteiger partial charge on any atom is -0.502 e. The van der Waals surface area contributed by atoms with Gasteiger partial charge in [-0.1, -0.05) is 0 Å². The van der Waals surface area contributed by atoms with Gasteiger partial charge in [0.25, 0.3) is 0 Å². The number of ether oxygens (including phenoxy) is 1. The lowest BCUT2D eigenvalue weighted by Crippen LogP contribution is -2.48. The predicted octanol–water partition coefficient (Wildman–Crippen LogP) is 4.11.